The second-order valence-electron chi connectivity index (χ2n) is 3.37. The number of rotatable bonds is 1. The van der Waals surface area contributed by atoms with E-state index in [2.05, 4.69) is 23.1 Å². The molecule has 0 N–H and O–H groups in total. The van der Waals surface area contributed by atoms with E-state index in [1.807, 2.05) is 18.3 Å². The van der Waals surface area contributed by atoms with Gasteiger partial charge in [-0.25, -0.2) is 0 Å². The molecule has 2 nitrogen and oxygen atoms in total. The summed E-state index contributed by atoms with van der Waals surface area (Å²) < 4.78 is 0. The zero-order valence-corrected chi connectivity index (χ0v) is 7.98. The van der Waals surface area contributed by atoms with Crippen molar-refractivity contribution < 1.29 is 0 Å². The van der Waals surface area contributed by atoms with Gasteiger partial charge in [0.1, 0.15) is 0 Å². The van der Waals surface area contributed by atoms with Crippen molar-refractivity contribution in [2.24, 2.45) is 0 Å². The van der Waals surface area contributed by atoms with Gasteiger partial charge in [0.25, 0.3) is 0 Å². The Kier molecular flexibility index (Phi) is 2.51. The lowest BCUT2D eigenvalue weighted by Gasteiger charge is -2.27. The minimum absolute atomic E-state index is 1.01. The Balaban J connectivity index is 2.32. The highest BCUT2D eigenvalue weighted by Gasteiger charge is 2.13. The lowest BCUT2D eigenvalue weighted by molar-refractivity contribution is 0.763. The van der Waals surface area contributed by atoms with Crippen LogP contribution >= 0.6 is 0 Å². The van der Waals surface area contributed by atoms with Gasteiger partial charge in [-0.05, 0) is 24.5 Å². The molecule has 70 valence electrons. The van der Waals surface area contributed by atoms with Gasteiger partial charge >= 0.3 is 0 Å². The average Bonchev–Trinajstić information content (AvgIpc) is 2.26. The first kappa shape index (κ1) is 8.83. The predicted octanol–water partition coefficient (Wildman–Crippen LogP) is 2.48. The third-order valence-electron chi connectivity index (χ3n) is 2.48. The van der Waals surface area contributed by atoms with E-state index in [-0.39, 0.29) is 0 Å². The fraction of sp³-hybridized carbons (Fsp3) is 0.250. The molecule has 0 amide bonds. The van der Waals surface area contributed by atoms with Crippen LogP contribution in [-0.2, 0) is 6.42 Å². The number of fused-ring (bicyclic) bond motifs is 1. The summed E-state index contributed by atoms with van der Waals surface area (Å²) in [5.41, 5.74) is 2.62. The molecule has 0 saturated carbocycles. The SMILES string of the molecule is N#CC=CN1CCCc2ccccc21. The molecule has 1 aromatic carbocycles. The highest BCUT2D eigenvalue weighted by atomic mass is 15.1. The number of nitrogens with zero attached hydrogens (tertiary/aromatic N) is 2. The maximum atomic E-state index is 8.48. The van der Waals surface area contributed by atoms with Gasteiger partial charge < -0.3 is 4.90 Å². The molecular weight excluding hydrogens is 172 g/mol. The average molecular weight is 184 g/mol. The standard InChI is InChI=1S/C12H12N2/c13-8-4-10-14-9-3-6-11-5-1-2-7-12(11)14/h1-2,4-5,7,10H,3,6,9H2. The van der Waals surface area contributed by atoms with Gasteiger partial charge in [-0.2, -0.15) is 5.26 Å². The zero-order chi connectivity index (χ0) is 9.80. The van der Waals surface area contributed by atoms with E-state index in [0.29, 0.717) is 0 Å². The van der Waals surface area contributed by atoms with E-state index in [4.69, 9.17) is 5.26 Å². The van der Waals surface area contributed by atoms with Gasteiger partial charge in [0.2, 0.25) is 0 Å². The first-order chi connectivity index (χ1) is 6.92. The van der Waals surface area contributed by atoms with Gasteiger partial charge in [0.15, 0.2) is 0 Å². The largest absolute Gasteiger partial charge is 0.347 e. The number of aryl methyl sites for hydroxylation is 1. The molecule has 2 heteroatoms. The first-order valence-electron chi connectivity index (χ1n) is 4.82. The summed E-state index contributed by atoms with van der Waals surface area (Å²) in [6.07, 6.45) is 5.69. The third kappa shape index (κ3) is 1.62. The highest BCUT2D eigenvalue weighted by molar-refractivity contribution is 5.57. The molecule has 0 saturated heterocycles. The van der Waals surface area contributed by atoms with Crippen LogP contribution in [0.3, 0.4) is 0 Å². The van der Waals surface area contributed by atoms with Crippen LogP contribution in [0, 0.1) is 11.3 Å². The zero-order valence-electron chi connectivity index (χ0n) is 7.98. The summed E-state index contributed by atoms with van der Waals surface area (Å²) in [5, 5.41) is 8.48. The Bertz CT molecular complexity index is 388. The molecule has 1 aromatic rings. The van der Waals surface area contributed by atoms with Crippen molar-refractivity contribution in [3.63, 3.8) is 0 Å². The number of benzene rings is 1. The number of para-hydroxylation sites is 1. The Hall–Kier alpha value is -1.75. The summed E-state index contributed by atoms with van der Waals surface area (Å²) in [6.45, 7) is 1.01. The monoisotopic (exact) mass is 184 g/mol. The van der Waals surface area contributed by atoms with Gasteiger partial charge in [0, 0.05) is 24.5 Å². The van der Waals surface area contributed by atoms with E-state index < -0.39 is 0 Å². The molecule has 1 aliphatic rings. The van der Waals surface area contributed by atoms with Crippen LogP contribution in [0.2, 0.25) is 0 Å². The first-order valence-corrected chi connectivity index (χ1v) is 4.82. The van der Waals surface area contributed by atoms with Crippen molar-refractivity contribution in [3.8, 4) is 6.07 Å². The molecular formula is C12H12N2. The van der Waals surface area contributed by atoms with Crippen LogP contribution in [0.5, 0.6) is 0 Å². The minimum Gasteiger partial charge on any atom is -0.347 e. The molecule has 0 spiro atoms. The van der Waals surface area contributed by atoms with Gasteiger partial charge in [0.05, 0.1) is 6.07 Å². The topological polar surface area (TPSA) is 27.0 Å². The van der Waals surface area contributed by atoms with Crippen LogP contribution in [-0.4, -0.2) is 6.54 Å². The number of allylic oxidation sites excluding steroid dienone is 1. The van der Waals surface area contributed by atoms with Crippen molar-refractivity contribution in [2.75, 3.05) is 11.4 Å². The Morgan fingerprint density at radius 3 is 3.07 bits per heavy atom. The second-order valence-corrected chi connectivity index (χ2v) is 3.37. The summed E-state index contributed by atoms with van der Waals surface area (Å²) >= 11 is 0. The van der Waals surface area contributed by atoms with Crippen molar-refractivity contribution >= 4 is 5.69 Å². The number of hydrogen-bond donors (Lipinski definition) is 0. The van der Waals surface area contributed by atoms with E-state index >= 15 is 0 Å². The van der Waals surface area contributed by atoms with E-state index in [0.717, 1.165) is 19.4 Å². The molecule has 1 heterocycles. The van der Waals surface area contributed by atoms with Crippen molar-refractivity contribution in [1.82, 2.24) is 0 Å². The van der Waals surface area contributed by atoms with E-state index in [1.54, 1.807) is 0 Å². The van der Waals surface area contributed by atoms with E-state index in [9.17, 15) is 0 Å². The maximum absolute atomic E-state index is 8.48. The number of hydrogen-bond acceptors (Lipinski definition) is 2. The molecule has 0 aliphatic carbocycles. The molecule has 2 rings (SSSR count). The van der Waals surface area contributed by atoms with Crippen LogP contribution < -0.4 is 4.90 Å². The lowest BCUT2D eigenvalue weighted by Crippen LogP contribution is -2.23. The summed E-state index contributed by atoms with van der Waals surface area (Å²) in [7, 11) is 0. The molecule has 1 aliphatic heterocycles. The predicted molar refractivity (Wildman–Crippen MR) is 56.9 cm³/mol. The fourth-order valence-corrected chi connectivity index (χ4v) is 1.84. The molecule has 0 bridgehead atoms. The Morgan fingerprint density at radius 2 is 2.21 bits per heavy atom. The quantitative estimate of drug-likeness (QED) is 0.627. The van der Waals surface area contributed by atoms with Crippen LogP contribution in [0.4, 0.5) is 5.69 Å². The third-order valence-corrected chi connectivity index (χ3v) is 2.48. The molecule has 14 heavy (non-hydrogen) atoms. The summed E-state index contributed by atoms with van der Waals surface area (Å²) in [5.74, 6) is 0. The maximum Gasteiger partial charge on any atom is 0.0927 e. The van der Waals surface area contributed by atoms with Crippen LogP contribution in [0.25, 0.3) is 0 Å². The van der Waals surface area contributed by atoms with Gasteiger partial charge in [-0.1, -0.05) is 18.2 Å². The summed E-state index contributed by atoms with van der Waals surface area (Å²) in [4.78, 5) is 2.14. The Morgan fingerprint density at radius 1 is 1.36 bits per heavy atom. The Labute approximate surface area is 84.1 Å². The van der Waals surface area contributed by atoms with Crippen molar-refractivity contribution in [1.29, 1.82) is 5.26 Å². The molecule has 0 unspecified atom stereocenters. The van der Waals surface area contributed by atoms with Gasteiger partial charge in [-0.3, -0.25) is 0 Å². The molecule has 0 radical (unpaired) electrons. The normalized spacial score (nSPS) is 15.2. The van der Waals surface area contributed by atoms with E-state index in [1.165, 1.54) is 17.3 Å². The fourth-order valence-electron chi connectivity index (χ4n) is 1.84. The number of nitriles is 1. The number of anilines is 1. The highest BCUT2D eigenvalue weighted by Crippen LogP contribution is 2.26. The van der Waals surface area contributed by atoms with Crippen LogP contribution in [0.15, 0.2) is 36.5 Å². The molecule has 0 aromatic heterocycles. The van der Waals surface area contributed by atoms with Crippen molar-refractivity contribution in [3.05, 3.63) is 42.1 Å². The second kappa shape index (κ2) is 3.97. The molecule has 0 fully saturated rings. The van der Waals surface area contributed by atoms with Gasteiger partial charge in [-0.15, -0.1) is 0 Å². The van der Waals surface area contributed by atoms with Crippen molar-refractivity contribution in [2.45, 2.75) is 12.8 Å². The lowest BCUT2D eigenvalue weighted by atomic mass is 10.0. The van der Waals surface area contributed by atoms with Crippen LogP contribution in [0.1, 0.15) is 12.0 Å². The minimum atomic E-state index is 1.01. The smallest absolute Gasteiger partial charge is 0.0927 e. The summed E-state index contributed by atoms with van der Waals surface area (Å²) in [6, 6.07) is 10.4. The molecule has 0 atom stereocenters.